The number of allylic oxidation sites excluding steroid dienone is 3. The summed E-state index contributed by atoms with van der Waals surface area (Å²) in [6.07, 6.45) is 5.79. The SMILES string of the molecule is C=C(/C(=C\C=C(/C)Oc1ccc(C)cc1)C1(CCN=CC)OCCO1)C(C)(C)F. The van der Waals surface area contributed by atoms with Gasteiger partial charge in [0.05, 0.1) is 13.2 Å². The number of aliphatic imine (C=N–C) groups is 1. The Labute approximate surface area is 173 Å². The second-order valence-electron chi connectivity index (χ2n) is 7.59. The molecular formula is C24H32FNO3. The Morgan fingerprint density at radius 3 is 2.41 bits per heavy atom. The zero-order valence-corrected chi connectivity index (χ0v) is 18.1. The lowest BCUT2D eigenvalue weighted by Gasteiger charge is -2.33. The van der Waals surface area contributed by atoms with E-state index in [4.69, 9.17) is 14.2 Å². The van der Waals surface area contributed by atoms with E-state index in [-0.39, 0.29) is 0 Å². The first-order valence-electron chi connectivity index (χ1n) is 9.92. The summed E-state index contributed by atoms with van der Waals surface area (Å²) in [5.74, 6) is 0.341. The fourth-order valence-electron chi connectivity index (χ4n) is 3.03. The molecule has 0 aliphatic carbocycles. The minimum absolute atomic E-state index is 0.319. The fourth-order valence-corrected chi connectivity index (χ4v) is 3.03. The van der Waals surface area contributed by atoms with Crippen molar-refractivity contribution in [1.29, 1.82) is 0 Å². The molecule has 1 saturated heterocycles. The molecule has 1 aromatic carbocycles. The molecule has 0 radical (unpaired) electrons. The normalized spacial score (nSPS) is 17.7. The Balaban J connectivity index is 2.35. The summed E-state index contributed by atoms with van der Waals surface area (Å²) < 4.78 is 32.6. The van der Waals surface area contributed by atoms with Crippen LogP contribution >= 0.6 is 0 Å². The van der Waals surface area contributed by atoms with Crippen LogP contribution < -0.4 is 4.74 Å². The number of halogens is 1. The second kappa shape index (κ2) is 9.99. The molecule has 1 fully saturated rings. The molecule has 158 valence electrons. The van der Waals surface area contributed by atoms with Crippen molar-refractivity contribution in [1.82, 2.24) is 0 Å². The van der Waals surface area contributed by atoms with Gasteiger partial charge in [-0.3, -0.25) is 4.99 Å². The molecule has 4 nitrogen and oxygen atoms in total. The van der Waals surface area contributed by atoms with E-state index in [1.165, 1.54) is 13.8 Å². The smallest absolute Gasteiger partial charge is 0.197 e. The van der Waals surface area contributed by atoms with Crippen molar-refractivity contribution in [3.05, 3.63) is 65.5 Å². The molecule has 5 heteroatoms. The van der Waals surface area contributed by atoms with Crippen molar-refractivity contribution < 1.29 is 18.6 Å². The van der Waals surface area contributed by atoms with E-state index in [1.807, 2.05) is 45.0 Å². The maximum absolute atomic E-state index is 14.8. The van der Waals surface area contributed by atoms with Crippen LogP contribution in [0.4, 0.5) is 4.39 Å². The summed E-state index contributed by atoms with van der Waals surface area (Å²) in [7, 11) is 0. The highest BCUT2D eigenvalue weighted by Crippen LogP contribution is 2.40. The van der Waals surface area contributed by atoms with Crippen LogP contribution in [0.2, 0.25) is 0 Å². The van der Waals surface area contributed by atoms with Crippen LogP contribution in [0, 0.1) is 6.92 Å². The third kappa shape index (κ3) is 6.38. The molecule has 0 spiro atoms. The lowest BCUT2D eigenvalue weighted by Crippen LogP contribution is -2.37. The molecular weight excluding hydrogens is 369 g/mol. The van der Waals surface area contributed by atoms with E-state index in [0.29, 0.717) is 43.1 Å². The molecule has 0 bridgehead atoms. The second-order valence-corrected chi connectivity index (χ2v) is 7.59. The van der Waals surface area contributed by atoms with Crippen molar-refractivity contribution in [2.45, 2.75) is 52.5 Å². The van der Waals surface area contributed by atoms with Gasteiger partial charge in [0.15, 0.2) is 5.79 Å². The lowest BCUT2D eigenvalue weighted by molar-refractivity contribution is -0.128. The highest BCUT2D eigenvalue weighted by molar-refractivity contribution is 5.53. The molecule has 0 aromatic heterocycles. The zero-order valence-electron chi connectivity index (χ0n) is 18.1. The number of rotatable bonds is 9. The van der Waals surface area contributed by atoms with Gasteiger partial charge in [0.1, 0.15) is 17.2 Å². The number of benzene rings is 1. The van der Waals surface area contributed by atoms with Gasteiger partial charge in [-0.05, 0) is 70.7 Å². The molecule has 1 aliphatic heterocycles. The third-order valence-corrected chi connectivity index (χ3v) is 4.74. The van der Waals surface area contributed by atoms with Gasteiger partial charge in [0.2, 0.25) is 0 Å². The number of hydrogen-bond acceptors (Lipinski definition) is 4. The number of aryl methyl sites for hydroxylation is 1. The van der Waals surface area contributed by atoms with Crippen LogP contribution in [-0.4, -0.2) is 37.4 Å². The highest BCUT2D eigenvalue weighted by Gasteiger charge is 2.43. The first kappa shape index (κ1) is 23.0. The molecule has 2 rings (SSSR count). The van der Waals surface area contributed by atoms with E-state index < -0.39 is 11.5 Å². The van der Waals surface area contributed by atoms with Crippen molar-refractivity contribution in [2.75, 3.05) is 19.8 Å². The lowest BCUT2D eigenvalue weighted by atomic mass is 9.87. The Morgan fingerprint density at radius 1 is 1.24 bits per heavy atom. The Bertz CT molecular complexity index is 779. The van der Waals surface area contributed by atoms with Crippen molar-refractivity contribution in [3.63, 3.8) is 0 Å². The first-order chi connectivity index (χ1) is 13.7. The molecule has 0 atom stereocenters. The van der Waals surface area contributed by atoms with Gasteiger partial charge in [0, 0.05) is 18.5 Å². The van der Waals surface area contributed by atoms with Crippen LogP contribution in [0.5, 0.6) is 5.75 Å². The predicted octanol–water partition coefficient (Wildman–Crippen LogP) is 5.73. The maximum Gasteiger partial charge on any atom is 0.197 e. The number of nitrogens with zero attached hydrogens (tertiary/aromatic N) is 1. The molecule has 0 saturated carbocycles. The third-order valence-electron chi connectivity index (χ3n) is 4.74. The highest BCUT2D eigenvalue weighted by atomic mass is 19.1. The van der Waals surface area contributed by atoms with Crippen LogP contribution in [0.3, 0.4) is 0 Å². The molecule has 29 heavy (non-hydrogen) atoms. The van der Waals surface area contributed by atoms with Crippen molar-refractivity contribution in [3.8, 4) is 5.75 Å². The van der Waals surface area contributed by atoms with Crippen LogP contribution in [0.1, 0.15) is 39.7 Å². The van der Waals surface area contributed by atoms with E-state index >= 15 is 0 Å². The quantitative estimate of drug-likeness (QED) is 0.301. The van der Waals surface area contributed by atoms with Crippen LogP contribution in [0.15, 0.2) is 64.9 Å². The van der Waals surface area contributed by atoms with Gasteiger partial charge < -0.3 is 14.2 Å². The van der Waals surface area contributed by atoms with E-state index in [0.717, 1.165) is 11.3 Å². The van der Waals surface area contributed by atoms with Crippen molar-refractivity contribution >= 4 is 6.21 Å². The van der Waals surface area contributed by atoms with Gasteiger partial charge in [-0.25, -0.2) is 4.39 Å². The van der Waals surface area contributed by atoms with E-state index in [1.54, 1.807) is 18.4 Å². The minimum Gasteiger partial charge on any atom is -0.462 e. The van der Waals surface area contributed by atoms with E-state index in [2.05, 4.69) is 11.6 Å². The molecule has 1 aromatic rings. The van der Waals surface area contributed by atoms with Gasteiger partial charge in [-0.15, -0.1) is 0 Å². The topological polar surface area (TPSA) is 40.0 Å². The molecule has 0 amide bonds. The molecule has 0 unspecified atom stereocenters. The number of ether oxygens (including phenoxy) is 3. The molecule has 0 N–H and O–H groups in total. The number of alkyl halides is 1. The molecule has 1 heterocycles. The standard InChI is InChI=1S/C24H32FNO3/c1-7-26-15-14-24(27-16-17-28-24)22(20(4)23(5,6)25)13-10-19(3)29-21-11-8-18(2)9-12-21/h7-13H,4,14-17H2,1-3,5-6H3/b19-10+,22-13+,26-7?. The van der Waals surface area contributed by atoms with Crippen LogP contribution in [-0.2, 0) is 9.47 Å². The maximum atomic E-state index is 14.8. The monoisotopic (exact) mass is 401 g/mol. The van der Waals surface area contributed by atoms with Gasteiger partial charge in [-0.2, -0.15) is 0 Å². The summed E-state index contributed by atoms with van der Waals surface area (Å²) >= 11 is 0. The molecule has 1 aliphatic rings. The minimum atomic E-state index is -1.62. The zero-order chi connectivity index (χ0) is 21.5. The Morgan fingerprint density at radius 2 is 1.86 bits per heavy atom. The van der Waals surface area contributed by atoms with Crippen LogP contribution in [0.25, 0.3) is 0 Å². The van der Waals surface area contributed by atoms with Gasteiger partial charge in [-0.1, -0.05) is 24.3 Å². The first-order valence-corrected chi connectivity index (χ1v) is 9.92. The summed E-state index contributed by atoms with van der Waals surface area (Å²) in [4.78, 5) is 4.27. The fraction of sp³-hybridized carbons (Fsp3) is 0.458. The van der Waals surface area contributed by atoms with Crippen molar-refractivity contribution in [2.24, 2.45) is 4.99 Å². The number of hydrogen-bond donors (Lipinski definition) is 0. The predicted molar refractivity (Wildman–Crippen MR) is 116 cm³/mol. The Hall–Kier alpha value is -2.24. The summed E-state index contributed by atoms with van der Waals surface area (Å²) in [5, 5.41) is 0. The van der Waals surface area contributed by atoms with Gasteiger partial charge >= 0.3 is 0 Å². The van der Waals surface area contributed by atoms with Gasteiger partial charge in [0.25, 0.3) is 0 Å². The summed E-state index contributed by atoms with van der Waals surface area (Å²) in [5.41, 5.74) is 0.427. The Kier molecular flexibility index (Phi) is 7.94. The average molecular weight is 402 g/mol. The largest absolute Gasteiger partial charge is 0.462 e. The van der Waals surface area contributed by atoms with E-state index in [9.17, 15) is 4.39 Å². The summed E-state index contributed by atoms with van der Waals surface area (Å²) in [6.45, 7) is 14.1. The average Bonchev–Trinajstić information content (AvgIpc) is 3.13. The summed E-state index contributed by atoms with van der Waals surface area (Å²) in [6, 6.07) is 7.80.